The first kappa shape index (κ1) is 19.2. The minimum Gasteiger partial charge on any atom is -0.493 e. The van der Waals surface area contributed by atoms with Crippen LogP contribution in [-0.2, 0) is 0 Å². The molecule has 2 aromatic rings. The van der Waals surface area contributed by atoms with Gasteiger partial charge >= 0.3 is 12.1 Å². The number of pyridine rings is 1. The second kappa shape index (κ2) is 7.85. The number of methoxy groups -OCH3 is 1. The van der Waals surface area contributed by atoms with E-state index in [9.17, 15) is 22.8 Å². The standard InChI is InChI=1S/C17H14F3NO5/c1-10(22)11-3-5-13(14(7-11)24-2)26-16(23)12-4-6-15(21-8-12)25-9-17(18,19)20/h3-8H,9H2,1-2H3. The zero-order chi connectivity index (χ0) is 19.3. The molecule has 0 fully saturated rings. The summed E-state index contributed by atoms with van der Waals surface area (Å²) in [6.45, 7) is -0.0992. The molecular formula is C17H14F3NO5. The quantitative estimate of drug-likeness (QED) is 0.441. The smallest absolute Gasteiger partial charge is 0.422 e. The number of carbonyl (C=O) groups is 2. The molecule has 0 spiro atoms. The molecule has 2 rings (SSSR count). The predicted octanol–water partition coefficient (Wildman–Crippen LogP) is 3.45. The Bertz CT molecular complexity index is 803. The van der Waals surface area contributed by atoms with Gasteiger partial charge in [0.25, 0.3) is 0 Å². The van der Waals surface area contributed by atoms with Gasteiger partial charge in [-0.2, -0.15) is 13.2 Å². The van der Waals surface area contributed by atoms with E-state index in [1.165, 1.54) is 38.3 Å². The lowest BCUT2D eigenvalue weighted by Crippen LogP contribution is -2.19. The topological polar surface area (TPSA) is 74.7 Å². The van der Waals surface area contributed by atoms with Crippen molar-refractivity contribution in [1.82, 2.24) is 4.98 Å². The van der Waals surface area contributed by atoms with Crippen molar-refractivity contribution in [2.75, 3.05) is 13.7 Å². The summed E-state index contributed by atoms with van der Waals surface area (Å²) in [7, 11) is 1.35. The van der Waals surface area contributed by atoms with Gasteiger partial charge in [-0.25, -0.2) is 9.78 Å². The number of aromatic nitrogens is 1. The lowest BCUT2D eigenvalue weighted by Gasteiger charge is -2.11. The van der Waals surface area contributed by atoms with Crippen LogP contribution < -0.4 is 14.2 Å². The molecule has 0 amide bonds. The van der Waals surface area contributed by atoms with E-state index >= 15 is 0 Å². The Labute approximate surface area is 146 Å². The number of halogens is 3. The van der Waals surface area contributed by atoms with Gasteiger partial charge in [0.15, 0.2) is 23.9 Å². The third kappa shape index (κ3) is 5.20. The summed E-state index contributed by atoms with van der Waals surface area (Å²) < 4.78 is 51.0. The molecule has 0 bridgehead atoms. The lowest BCUT2D eigenvalue weighted by atomic mass is 10.1. The Morgan fingerprint density at radius 2 is 1.77 bits per heavy atom. The molecule has 1 aromatic carbocycles. The second-order valence-electron chi connectivity index (χ2n) is 5.10. The summed E-state index contributed by atoms with van der Waals surface area (Å²) >= 11 is 0. The zero-order valence-electron chi connectivity index (χ0n) is 13.8. The summed E-state index contributed by atoms with van der Waals surface area (Å²) in [6, 6.07) is 6.65. The average molecular weight is 369 g/mol. The molecule has 0 aliphatic heterocycles. The van der Waals surface area contributed by atoms with Crippen LogP contribution in [0.15, 0.2) is 36.5 Å². The van der Waals surface area contributed by atoms with E-state index in [0.29, 0.717) is 5.56 Å². The molecule has 26 heavy (non-hydrogen) atoms. The van der Waals surface area contributed by atoms with Crippen LogP contribution in [0.2, 0.25) is 0 Å². The minimum absolute atomic E-state index is 0.00190. The van der Waals surface area contributed by atoms with E-state index in [1.54, 1.807) is 0 Å². The number of alkyl halides is 3. The first-order valence-electron chi connectivity index (χ1n) is 7.26. The van der Waals surface area contributed by atoms with Gasteiger partial charge in [0, 0.05) is 17.8 Å². The number of benzene rings is 1. The maximum atomic E-state index is 12.1. The molecule has 0 saturated heterocycles. The molecule has 0 atom stereocenters. The van der Waals surface area contributed by atoms with Crippen LogP contribution in [0.3, 0.4) is 0 Å². The van der Waals surface area contributed by atoms with E-state index in [-0.39, 0.29) is 28.7 Å². The van der Waals surface area contributed by atoms with E-state index < -0.39 is 18.8 Å². The molecule has 0 aliphatic rings. The van der Waals surface area contributed by atoms with Crippen LogP contribution in [0.1, 0.15) is 27.6 Å². The summed E-state index contributed by atoms with van der Waals surface area (Å²) in [6.07, 6.45) is -3.45. The van der Waals surface area contributed by atoms with Gasteiger partial charge in [0.1, 0.15) is 0 Å². The van der Waals surface area contributed by atoms with Crippen molar-refractivity contribution >= 4 is 11.8 Å². The number of nitrogens with zero attached hydrogens (tertiary/aromatic N) is 1. The van der Waals surface area contributed by atoms with Crippen LogP contribution >= 0.6 is 0 Å². The Balaban J connectivity index is 2.09. The highest BCUT2D eigenvalue weighted by atomic mass is 19.4. The molecular weight excluding hydrogens is 355 g/mol. The number of carbonyl (C=O) groups excluding carboxylic acids is 2. The third-order valence-corrected chi connectivity index (χ3v) is 3.13. The molecule has 9 heteroatoms. The van der Waals surface area contributed by atoms with E-state index in [1.807, 2.05) is 0 Å². The number of hydrogen-bond acceptors (Lipinski definition) is 6. The number of rotatable bonds is 6. The molecule has 0 saturated carbocycles. The molecule has 0 aliphatic carbocycles. The summed E-state index contributed by atoms with van der Waals surface area (Å²) in [5, 5.41) is 0. The van der Waals surface area contributed by atoms with E-state index in [2.05, 4.69) is 9.72 Å². The van der Waals surface area contributed by atoms with Crippen molar-refractivity contribution < 1.29 is 37.0 Å². The Morgan fingerprint density at radius 1 is 1.08 bits per heavy atom. The Hall–Kier alpha value is -3.10. The van der Waals surface area contributed by atoms with E-state index in [0.717, 1.165) is 12.3 Å². The van der Waals surface area contributed by atoms with Crippen LogP contribution in [0.25, 0.3) is 0 Å². The highest BCUT2D eigenvalue weighted by Crippen LogP contribution is 2.29. The van der Waals surface area contributed by atoms with Gasteiger partial charge in [0.2, 0.25) is 5.88 Å². The number of hydrogen-bond donors (Lipinski definition) is 0. The van der Waals surface area contributed by atoms with Crippen molar-refractivity contribution in [2.45, 2.75) is 13.1 Å². The fraction of sp³-hybridized carbons (Fsp3) is 0.235. The van der Waals surface area contributed by atoms with Gasteiger partial charge in [-0.1, -0.05) is 0 Å². The van der Waals surface area contributed by atoms with E-state index in [4.69, 9.17) is 9.47 Å². The first-order valence-corrected chi connectivity index (χ1v) is 7.26. The fourth-order valence-electron chi connectivity index (χ4n) is 1.87. The summed E-state index contributed by atoms with van der Waals surface area (Å²) in [5.41, 5.74) is 0.386. The molecule has 6 nitrogen and oxygen atoms in total. The van der Waals surface area contributed by atoms with Crippen molar-refractivity contribution in [2.24, 2.45) is 0 Å². The van der Waals surface area contributed by atoms with Crippen LogP contribution in [-0.4, -0.2) is 36.6 Å². The Morgan fingerprint density at radius 3 is 2.31 bits per heavy atom. The highest BCUT2D eigenvalue weighted by Gasteiger charge is 2.28. The number of esters is 1. The fourth-order valence-corrected chi connectivity index (χ4v) is 1.87. The average Bonchev–Trinajstić information content (AvgIpc) is 2.59. The molecule has 0 radical (unpaired) electrons. The lowest BCUT2D eigenvalue weighted by molar-refractivity contribution is -0.154. The maximum absolute atomic E-state index is 12.1. The van der Waals surface area contributed by atoms with Crippen molar-refractivity contribution in [3.05, 3.63) is 47.7 Å². The first-order chi connectivity index (χ1) is 12.2. The van der Waals surface area contributed by atoms with Crippen LogP contribution in [0.4, 0.5) is 13.2 Å². The number of ketones is 1. The van der Waals surface area contributed by atoms with Crippen molar-refractivity contribution in [3.63, 3.8) is 0 Å². The van der Waals surface area contributed by atoms with Gasteiger partial charge in [-0.15, -0.1) is 0 Å². The van der Waals surface area contributed by atoms with Gasteiger partial charge in [-0.05, 0) is 31.2 Å². The number of Topliss-reactive ketones (excluding diaryl/α,β-unsaturated/α-hetero) is 1. The normalized spacial score (nSPS) is 11.0. The van der Waals surface area contributed by atoms with Gasteiger partial charge in [0.05, 0.1) is 12.7 Å². The maximum Gasteiger partial charge on any atom is 0.422 e. The third-order valence-electron chi connectivity index (χ3n) is 3.13. The Kier molecular flexibility index (Phi) is 5.81. The number of ether oxygens (including phenoxy) is 3. The second-order valence-corrected chi connectivity index (χ2v) is 5.10. The van der Waals surface area contributed by atoms with Gasteiger partial charge < -0.3 is 14.2 Å². The molecule has 138 valence electrons. The predicted molar refractivity (Wildman–Crippen MR) is 83.7 cm³/mol. The molecule has 0 N–H and O–H groups in total. The molecule has 0 unspecified atom stereocenters. The van der Waals surface area contributed by atoms with Crippen molar-refractivity contribution in [1.29, 1.82) is 0 Å². The SMILES string of the molecule is COc1cc(C(C)=O)ccc1OC(=O)c1ccc(OCC(F)(F)F)nc1. The summed E-state index contributed by atoms with van der Waals surface area (Å²) in [4.78, 5) is 27.1. The van der Waals surface area contributed by atoms with Gasteiger partial charge in [-0.3, -0.25) is 4.79 Å². The molecule has 1 heterocycles. The zero-order valence-corrected chi connectivity index (χ0v) is 13.8. The minimum atomic E-state index is -4.48. The van der Waals surface area contributed by atoms with Crippen molar-refractivity contribution in [3.8, 4) is 17.4 Å². The van der Waals surface area contributed by atoms with Crippen LogP contribution in [0.5, 0.6) is 17.4 Å². The molecule has 1 aromatic heterocycles. The highest BCUT2D eigenvalue weighted by molar-refractivity contribution is 5.95. The largest absolute Gasteiger partial charge is 0.493 e. The summed E-state index contributed by atoms with van der Waals surface area (Å²) in [5.74, 6) is -0.986. The van der Waals surface area contributed by atoms with Crippen LogP contribution in [0, 0.1) is 0 Å². The monoisotopic (exact) mass is 369 g/mol.